The monoisotopic (exact) mass is 251 g/mol. The van der Waals surface area contributed by atoms with Gasteiger partial charge in [0.05, 0.1) is 9.90 Å². The van der Waals surface area contributed by atoms with Crippen LogP contribution in [0.1, 0.15) is 24.5 Å². The fraction of sp³-hybridized carbons (Fsp3) is 0.273. The maximum atomic E-state index is 5.89. The van der Waals surface area contributed by atoms with Crippen LogP contribution in [0.3, 0.4) is 0 Å². The van der Waals surface area contributed by atoms with Gasteiger partial charge in [-0.25, -0.2) is 9.97 Å². The first kappa shape index (κ1) is 10.1. The van der Waals surface area contributed by atoms with Crippen molar-refractivity contribution >= 4 is 28.8 Å². The van der Waals surface area contributed by atoms with E-state index in [0.29, 0.717) is 17.6 Å². The second-order valence-electron chi connectivity index (χ2n) is 3.94. The molecule has 3 nitrogen and oxygen atoms in total. The van der Waals surface area contributed by atoms with Gasteiger partial charge in [-0.1, -0.05) is 11.6 Å². The fourth-order valence-electron chi connectivity index (χ4n) is 1.61. The summed E-state index contributed by atoms with van der Waals surface area (Å²) in [7, 11) is 0. The number of nitrogens with two attached hydrogens (primary N) is 1. The van der Waals surface area contributed by atoms with Crippen LogP contribution in [0.2, 0.25) is 5.02 Å². The highest BCUT2D eigenvalue weighted by atomic mass is 35.5. The Labute approximate surface area is 102 Å². The standard InChI is InChI=1S/C11H10ClN3S/c12-7-3-9(16-5-7)11-14-8(6-1-2-6)4-10(13)15-11/h3-6H,1-2H2,(H2,13,14,15). The molecule has 1 aliphatic carbocycles. The summed E-state index contributed by atoms with van der Waals surface area (Å²) >= 11 is 7.43. The van der Waals surface area contributed by atoms with Gasteiger partial charge in [0, 0.05) is 23.1 Å². The lowest BCUT2D eigenvalue weighted by atomic mass is 10.2. The fourth-order valence-corrected chi connectivity index (χ4v) is 2.62. The number of thiophene rings is 1. The molecule has 0 spiro atoms. The van der Waals surface area contributed by atoms with Gasteiger partial charge in [0.2, 0.25) is 0 Å². The third kappa shape index (κ3) is 1.90. The lowest BCUT2D eigenvalue weighted by Crippen LogP contribution is -1.98. The number of hydrogen-bond acceptors (Lipinski definition) is 4. The number of nitrogen functional groups attached to an aromatic ring is 1. The summed E-state index contributed by atoms with van der Waals surface area (Å²) in [5, 5.41) is 2.60. The Balaban J connectivity index is 2.06. The quantitative estimate of drug-likeness (QED) is 0.891. The van der Waals surface area contributed by atoms with Gasteiger partial charge in [0.1, 0.15) is 5.82 Å². The Kier molecular flexibility index (Phi) is 2.33. The largest absolute Gasteiger partial charge is 0.384 e. The van der Waals surface area contributed by atoms with Crippen molar-refractivity contribution in [3.05, 3.63) is 28.2 Å². The summed E-state index contributed by atoms with van der Waals surface area (Å²) < 4.78 is 0. The Morgan fingerprint density at radius 3 is 2.75 bits per heavy atom. The molecular weight excluding hydrogens is 242 g/mol. The van der Waals surface area contributed by atoms with E-state index in [-0.39, 0.29) is 0 Å². The van der Waals surface area contributed by atoms with Crippen molar-refractivity contribution in [3.8, 4) is 10.7 Å². The summed E-state index contributed by atoms with van der Waals surface area (Å²) in [6.45, 7) is 0. The summed E-state index contributed by atoms with van der Waals surface area (Å²) in [6.07, 6.45) is 2.42. The van der Waals surface area contributed by atoms with Gasteiger partial charge in [-0.05, 0) is 18.9 Å². The molecule has 0 amide bonds. The van der Waals surface area contributed by atoms with E-state index < -0.39 is 0 Å². The van der Waals surface area contributed by atoms with E-state index in [0.717, 1.165) is 15.6 Å². The minimum Gasteiger partial charge on any atom is -0.384 e. The van der Waals surface area contributed by atoms with Crippen LogP contribution in [0.4, 0.5) is 5.82 Å². The van der Waals surface area contributed by atoms with Gasteiger partial charge in [0.25, 0.3) is 0 Å². The molecule has 2 N–H and O–H groups in total. The maximum Gasteiger partial charge on any atom is 0.171 e. The highest BCUT2D eigenvalue weighted by molar-refractivity contribution is 7.14. The summed E-state index contributed by atoms with van der Waals surface area (Å²) in [4.78, 5) is 9.76. The summed E-state index contributed by atoms with van der Waals surface area (Å²) in [6, 6.07) is 3.74. The molecule has 0 aromatic carbocycles. The average molecular weight is 252 g/mol. The number of rotatable bonds is 2. The minimum atomic E-state index is 0.538. The lowest BCUT2D eigenvalue weighted by molar-refractivity contribution is 1.00. The molecule has 5 heteroatoms. The van der Waals surface area contributed by atoms with Crippen LogP contribution < -0.4 is 5.73 Å². The van der Waals surface area contributed by atoms with Crippen LogP contribution in [-0.4, -0.2) is 9.97 Å². The highest BCUT2D eigenvalue weighted by Crippen LogP contribution is 2.40. The van der Waals surface area contributed by atoms with Crippen molar-refractivity contribution in [2.75, 3.05) is 5.73 Å². The molecule has 1 fully saturated rings. The van der Waals surface area contributed by atoms with Crippen molar-refractivity contribution in [1.82, 2.24) is 9.97 Å². The van der Waals surface area contributed by atoms with E-state index in [2.05, 4.69) is 9.97 Å². The second kappa shape index (κ2) is 3.71. The second-order valence-corrected chi connectivity index (χ2v) is 5.29. The van der Waals surface area contributed by atoms with Gasteiger partial charge in [-0.15, -0.1) is 11.3 Å². The predicted octanol–water partition coefficient (Wildman–Crippen LogP) is 3.32. The van der Waals surface area contributed by atoms with Crippen LogP contribution >= 0.6 is 22.9 Å². The highest BCUT2D eigenvalue weighted by Gasteiger charge is 2.26. The summed E-state index contributed by atoms with van der Waals surface area (Å²) in [5.41, 5.74) is 6.85. The average Bonchev–Trinajstić information content (AvgIpc) is 3.01. The smallest absolute Gasteiger partial charge is 0.171 e. The Hall–Kier alpha value is -1.13. The normalized spacial score (nSPS) is 15.3. The number of aromatic nitrogens is 2. The molecule has 2 aromatic rings. The zero-order valence-corrected chi connectivity index (χ0v) is 10.1. The summed E-state index contributed by atoms with van der Waals surface area (Å²) in [5.74, 6) is 1.81. The lowest BCUT2D eigenvalue weighted by Gasteiger charge is -2.02. The number of hydrogen-bond donors (Lipinski definition) is 1. The topological polar surface area (TPSA) is 51.8 Å². The van der Waals surface area contributed by atoms with Gasteiger partial charge in [0.15, 0.2) is 5.82 Å². The van der Waals surface area contributed by atoms with Crippen molar-refractivity contribution in [1.29, 1.82) is 0 Å². The van der Waals surface area contributed by atoms with Crippen LogP contribution in [0.25, 0.3) is 10.7 Å². The van der Waals surface area contributed by atoms with E-state index in [1.165, 1.54) is 24.2 Å². The van der Waals surface area contributed by atoms with Crippen molar-refractivity contribution in [2.24, 2.45) is 0 Å². The molecule has 2 heterocycles. The first-order valence-electron chi connectivity index (χ1n) is 5.11. The van der Waals surface area contributed by atoms with Gasteiger partial charge >= 0.3 is 0 Å². The van der Waals surface area contributed by atoms with E-state index in [1.807, 2.05) is 17.5 Å². The molecule has 82 valence electrons. The van der Waals surface area contributed by atoms with Gasteiger partial charge in [-0.2, -0.15) is 0 Å². The zero-order chi connectivity index (χ0) is 11.1. The number of halogens is 1. The molecule has 3 rings (SSSR count). The maximum absolute atomic E-state index is 5.89. The van der Waals surface area contributed by atoms with E-state index in [9.17, 15) is 0 Å². The van der Waals surface area contributed by atoms with Gasteiger partial charge in [-0.3, -0.25) is 0 Å². The molecule has 16 heavy (non-hydrogen) atoms. The third-order valence-corrected chi connectivity index (χ3v) is 3.82. The predicted molar refractivity (Wildman–Crippen MR) is 66.7 cm³/mol. The molecule has 0 bridgehead atoms. The molecule has 0 radical (unpaired) electrons. The Morgan fingerprint density at radius 1 is 1.31 bits per heavy atom. The molecule has 0 saturated heterocycles. The molecule has 2 aromatic heterocycles. The van der Waals surface area contributed by atoms with E-state index >= 15 is 0 Å². The zero-order valence-electron chi connectivity index (χ0n) is 8.48. The van der Waals surface area contributed by atoms with Crippen LogP contribution in [-0.2, 0) is 0 Å². The Morgan fingerprint density at radius 2 is 2.12 bits per heavy atom. The first-order chi connectivity index (χ1) is 7.72. The first-order valence-corrected chi connectivity index (χ1v) is 6.37. The van der Waals surface area contributed by atoms with Crippen molar-refractivity contribution in [3.63, 3.8) is 0 Å². The molecule has 1 saturated carbocycles. The molecule has 0 atom stereocenters. The minimum absolute atomic E-state index is 0.538. The van der Waals surface area contributed by atoms with Crippen LogP contribution in [0, 0.1) is 0 Å². The number of nitrogens with zero attached hydrogens (tertiary/aromatic N) is 2. The third-order valence-electron chi connectivity index (χ3n) is 2.55. The molecular formula is C11H10ClN3S. The van der Waals surface area contributed by atoms with Crippen molar-refractivity contribution in [2.45, 2.75) is 18.8 Å². The molecule has 1 aliphatic rings. The Bertz CT molecular complexity index is 534. The van der Waals surface area contributed by atoms with E-state index in [1.54, 1.807) is 0 Å². The van der Waals surface area contributed by atoms with Gasteiger partial charge < -0.3 is 5.73 Å². The SMILES string of the molecule is Nc1cc(C2CC2)nc(-c2cc(Cl)cs2)n1. The van der Waals surface area contributed by atoms with E-state index in [4.69, 9.17) is 17.3 Å². The molecule has 0 aliphatic heterocycles. The van der Waals surface area contributed by atoms with Crippen LogP contribution in [0.15, 0.2) is 17.5 Å². The van der Waals surface area contributed by atoms with Crippen molar-refractivity contribution < 1.29 is 0 Å². The number of anilines is 1. The molecule has 0 unspecified atom stereocenters. The van der Waals surface area contributed by atoms with Crippen LogP contribution in [0.5, 0.6) is 0 Å².